The quantitative estimate of drug-likeness (QED) is 0.395. The lowest BCUT2D eigenvalue weighted by atomic mass is 9.82. The number of hydrogen-bond donors (Lipinski definition) is 0. The number of Topliss-reactive ketones (excluding diaryl/α,β-unsaturated/α-hetero) is 2. The van der Waals surface area contributed by atoms with E-state index in [1.165, 1.54) is 42.1 Å². The van der Waals surface area contributed by atoms with Gasteiger partial charge in [-0.25, -0.2) is 16.8 Å². The summed E-state index contributed by atoms with van der Waals surface area (Å²) in [5.41, 5.74) is 1.35. The Bertz CT molecular complexity index is 1840. The molecular formula is C24H12O8S4-2. The van der Waals surface area contributed by atoms with Gasteiger partial charge in [-0.15, -0.1) is 0 Å². The topological polar surface area (TPSA) is 149 Å². The van der Waals surface area contributed by atoms with E-state index in [0.717, 1.165) is 17.8 Å². The van der Waals surface area contributed by atoms with Gasteiger partial charge >= 0.3 is 0 Å². The van der Waals surface area contributed by atoms with Crippen LogP contribution in [0, 0.1) is 5.92 Å². The second kappa shape index (κ2) is 7.88. The van der Waals surface area contributed by atoms with Gasteiger partial charge in [-0.05, 0) is 47.0 Å². The van der Waals surface area contributed by atoms with Crippen molar-refractivity contribution in [1.29, 1.82) is 0 Å². The highest BCUT2D eigenvalue weighted by Crippen LogP contribution is 2.54. The normalized spacial score (nSPS) is 23.6. The van der Waals surface area contributed by atoms with Crippen molar-refractivity contribution in [2.75, 3.05) is 0 Å². The third-order valence-corrected chi connectivity index (χ3v) is 10.5. The number of allylic oxidation sites excluding steroid dienone is 8. The molecule has 182 valence electrons. The second-order valence-corrected chi connectivity index (χ2v) is 13.3. The van der Waals surface area contributed by atoms with Crippen LogP contribution in [0.5, 0.6) is 0 Å². The van der Waals surface area contributed by atoms with Crippen LogP contribution in [0.2, 0.25) is 0 Å². The Labute approximate surface area is 214 Å². The van der Waals surface area contributed by atoms with Crippen molar-refractivity contribution in [2.24, 2.45) is 5.92 Å². The van der Waals surface area contributed by atoms with Crippen molar-refractivity contribution >= 4 is 66.1 Å². The largest absolute Gasteiger partial charge is 0.744 e. The molecule has 0 radical (unpaired) electrons. The second-order valence-electron chi connectivity index (χ2n) is 8.39. The zero-order chi connectivity index (χ0) is 25.6. The van der Waals surface area contributed by atoms with E-state index >= 15 is 0 Å². The van der Waals surface area contributed by atoms with Crippen LogP contribution < -0.4 is 0 Å². The molecule has 2 aliphatic carbocycles. The fourth-order valence-corrected chi connectivity index (χ4v) is 8.14. The summed E-state index contributed by atoms with van der Waals surface area (Å²) < 4.78 is 68.4. The highest BCUT2D eigenvalue weighted by Gasteiger charge is 2.41. The molecule has 2 heterocycles. The average molecular weight is 557 g/mol. The molecule has 8 nitrogen and oxygen atoms in total. The smallest absolute Gasteiger partial charge is 0.202 e. The van der Waals surface area contributed by atoms with Crippen LogP contribution in [0.25, 0.3) is 10.8 Å². The first-order valence-electron chi connectivity index (χ1n) is 10.5. The van der Waals surface area contributed by atoms with Crippen LogP contribution in [0.1, 0.15) is 16.8 Å². The van der Waals surface area contributed by atoms with Gasteiger partial charge in [-0.1, -0.05) is 53.9 Å². The van der Waals surface area contributed by atoms with Gasteiger partial charge in [0, 0.05) is 26.9 Å². The molecule has 0 saturated carbocycles. The molecule has 1 fully saturated rings. The minimum atomic E-state index is -4.66. The van der Waals surface area contributed by atoms with E-state index in [-0.39, 0.29) is 26.3 Å². The maximum absolute atomic E-state index is 13.5. The highest BCUT2D eigenvalue weighted by atomic mass is 32.2. The van der Waals surface area contributed by atoms with Gasteiger partial charge in [0.1, 0.15) is 20.2 Å². The van der Waals surface area contributed by atoms with E-state index in [1.807, 2.05) is 6.08 Å². The summed E-state index contributed by atoms with van der Waals surface area (Å²) in [4.78, 5) is 28.1. The minimum absolute atomic E-state index is 0.256. The predicted octanol–water partition coefficient (Wildman–Crippen LogP) is 3.76. The molecule has 4 aliphatic rings. The first-order chi connectivity index (χ1) is 16.9. The summed E-state index contributed by atoms with van der Waals surface area (Å²) in [5, 5.41) is 0.901. The molecule has 0 N–H and O–H groups in total. The van der Waals surface area contributed by atoms with Crippen molar-refractivity contribution in [3.05, 3.63) is 91.0 Å². The zero-order valence-corrected chi connectivity index (χ0v) is 21.1. The predicted molar refractivity (Wildman–Crippen MR) is 132 cm³/mol. The summed E-state index contributed by atoms with van der Waals surface area (Å²) in [7, 11) is -9.28. The molecule has 2 aromatic rings. The van der Waals surface area contributed by atoms with Gasteiger partial charge in [-0.3, -0.25) is 9.59 Å². The van der Waals surface area contributed by atoms with Gasteiger partial charge in [0.05, 0.1) is 19.6 Å². The molecule has 0 spiro atoms. The molecule has 12 heteroatoms. The number of hydrogen-bond acceptors (Lipinski definition) is 10. The monoisotopic (exact) mass is 556 g/mol. The Morgan fingerprint density at radius 2 is 1.61 bits per heavy atom. The summed E-state index contributed by atoms with van der Waals surface area (Å²) in [6.07, 6.45) is 6.26. The van der Waals surface area contributed by atoms with Gasteiger partial charge in [0.25, 0.3) is 0 Å². The standard InChI is InChI=1S/C24H14O8S4/c25-21-19-15-5-3-13(35(27,28)29)9-11(15)1-7-17(19)33-23(21)24-22(26)20-16-6-4-14(36(30,31)32)10-12(16)2-8-18(20)34-24/h1,3-10,12H,2H2,(H,27,28,29)(H,30,31,32)/p-2. The Morgan fingerprint density at radius 1 is 0.861 bits per heavy atom. The molecule has 1 saturated heterocycles. The van der Waals surface area contributed by atoms with Crippen LogP contribution in [-0.4, -0.2) is 37.5 Å². The van der Waals surface area contributed by atoms with E-state index in [9.17, 15) is 35.5 Å². The number of carbonyl (C=O) groups is 2. The zero-order valence-electron chi connectivity index (χ0n) is 17.9. The third-order valence-electron chi connectivity index (χ3n) is 6.31. The van der Waals surface area contributed by atoms with Crippen LogP contribution in [0.4, 0.5) is 0 Å². The molecule has 0 amide bonds. The van der Waals surface area contributed by atoms with Crippen molar-refractivity contribution in [3.63, 3.8) is 0 Å². The van der Waals surface area contributed by atoms with Gasteiger partial charge in [-0.2, -0.15) is 0 Å². The molecule has 6 rings (SSSR count). The fraction of sp³-hybridized carbons (Fsp3) is 0.0833. The SMILES string of the molecule is O=C1C(=C2Sc3ccc4cc(S(=O)(=O)[O-])ccc4c3C2=O)SC2=CCC3C=C(S(=O)(=O)[O-])C=CC3=C12. The Balaban J connectivity index is 1.43. The van der Waals surface area contributed by atoms with Gasteiger partial charge in [0.2, 0.25) is 11.6 Å². The van der Waals surface area contributed by atoms with Crippen LogP contribution in [0.3, 0.4) is 0 Å². The number of thioether (sulfide) groups is 2. The van der Waals surface area contributed by atoms with Crippen molar-refractivity contribution in [2.45, 2.75) is 16.2 Å². The number of carbonyl (C=O) groups excluding carboxylic acids is 2. The molecule has 0 bridgehead atoms. The molecule has 2 aromatic carbocycles. The molecule has 2 aliphatic heterocycles. The number of fused-ring (bicyclic) bond motifs is 5. The average Bonchev–Trinajstić information content (AvgIpc) is 3.34. The summed E-state index contributed by atoms with van der Waals surface area (Å²) >= 11 is 2.34. The fourth-order valence-electron chi connectivity index (χ4n) is 4.68. The Morgan fingerprint density at radius 3 is 2.33 bits per heavy atom. The van der Waals surface area contributed by atoms with E-state index < -0.39 is 31.0 Å². The Hall–Kier alpha value is -2.74. The molecule has 0 aromatic heterocycles. The molecular weight excluding hydrogens is 545 g/mol. The van der Waals surface area contributed by atoms with Gasteiger partial charge in [0.15, 0.2) is 0 Å². The van der Waals surface area contributed by atoms with Gasteiger partial charge < -0.3 is 9.11 Å². The van der Waals surface area contributed by atoms with Crippen molar-refractivity contribution in [1.82, 2.24) is 0 Å². The third kappa shape index (κ3) is 3.59. The lowest BCUT2D eigenvalue weighted by Gasteiger charge is -2.25. The first-order valence-corrected chi connectivity index (χ1v) is 14.9. The lowest BCUT2D eigenvalue weighted by Crippen LogP contribution is -2.15. The van der Waals surface area contributed by atoms with E-state index in [4.69, 9.17) is 0 Å². The summed E-state index contributed by atoms with van der Waals surface area (Å²) in [6, 6.07) is 7.09. The number of ketones is 2. The lowest BCUT2D eigenvalue weighted by molar-refractivity contribution is -0.111. The molecule has 36 heavy (non-hydrogen) atoms. The highest BCUT2D eigenvalue weighted by molar-refractivity contribution is 8.11. The maximum atomic E-state index is 13.5. The summed E-state index contributed by atoms with van der Waals surface area (Å²) in [5.74, 6) is -1.14. The molecule has 1 atom stereocenters. The number of benzene rings is 2. The van der Waals surface area contributed by atoms with E-state index in [1.54, 1.807) is 12.1 Å². The van der Waals surface area contributed by atoms with Crippen molar-refractivity contribution < 1.29 is 35.5 Å². The van der Waals surface area contributed by atoms with Crippen LogP contribution >= 0.6 is 23.5 Å². The van der Waals surface area contributed by atoms with E-state index in [2.05, 4.69) is 0 Å². The summed E-state index contributed by atoms with van der Waals surface area (Å²) in [6.45, 7) is 0. The minimum Gasteiger partial charge on any atom is -0.744 e. The van der Waals surface area contributed by atoms with Crippen LogP contribution in [-0.2, 0) is 25.0 Å². The number of rotatable bonds is 2. The molecule has 1 unspecified atom stereocenters. The maximum Gasteiger partial charge on any atom is 0.202 e. The van der Waals surface area contributed by atoms with Crippen LogP contribution in [0.15, 0.2) is 95.2 Å². The first kappa shape index (κ1) is 23.6. The van der Waals surface area contributed by atoms with E-state index in [0.29, 0.717) is 43.7 Å². The Kier molecular flexibility index (Phi) is 5.17. The van der Waals surface area contributed by atoms with Crippen molar-refractivity contribution in [3.8, 4) is 0 Å².